The van der Waals surface area contributed by atoms with Crippen LogP contribution in [0.25, 0.3) is 10.9 Å². The highest BCUT2D eigenvalue weighted by Gasteiger charge is 2.12. The Balaban J connectivity index is 1.55. The van der Waals surface area contributed by atoms with Gasteiger partial charge in [0.1, 0.15) is 11.6 Å². The second-order valence-corrected chi connectivity index (χ2v) is 6.69. The summed E-state index contributed by atoms with van der Waals surface area (Å²) in [6.07, 6.45) is 1.82. The van der Waals surface area contributed by atoms with E-state index in [1.165, 1.54) is 6.07 Å². The first-order chi connectivity index (χ1) is 14.0. The minimum Gasteiger partial charge on any atom is -0.481 e. The van der Waals surface area contributed by atoms with E-state index in [4.69, 9.17) is 9.84 Å². The fraction of sp³-hybridized carbons (Fsp3) is 0.0870. The van der Waals surface area contributed by atoms with Crippen molar-refractivity contribution in [3.8, 4) is 11.5 Å². The number of carbonyl (C=O) groups is 1. The molecule has 146 valence electrons. The van der Waals surface area contributed by atoms with Gasteiger partial charge >= 0.3 is 5.97 Å². The molecule has 0 amide bonds. The number of nitrogens with zero attached hydrogens (tertiary/aromatic N) is 1. The molecule has 0 spiro atoms. The van der Waals surface area contributed by atoms with Gasteiger partial charge in [-0.2, -0.15) is 0 Å². The van der Waals surface area contributed by atoms with Gasteiger partial charge < -0.3 is 14.4 Å². The van der Waals surface area contributed by atoms with Gasteiger partial charge in [0.25, 0.3) is 0 Å². The number of aromatic nitrogens is 1. The third-order valence-corrected chi connectivity index (χ3v) is 4.61. The van der Waals surface area contributed by atoms with Gasteiger partial charge in [0.05, 0.1) is 6.42 Å². The van der Waals surface area contributed by atoms with Gasteiger partial charge in [0, 0.05) is 29.7 Å². The summed E-state index contributed by atoms with van der Waals surface area (Å²) in [4.78, 5) is 11.1. The van der Waals surface area contributed by atoms with Gasteiger partial charge in [-0.15, -0.1) is 0 Å². The van der Waals surface area contributed by atoms with Crippen LogP contribution in [0, 0.1) is 11.6 Å². The van der Waals surface area contributed by atoms with Crippen molar-refractivity contribution in [3.63, 3.8) is 0 Å². The fourth-order valence-corrected chi connectivity index (χ4v) is 3.30. The van der Waals surface area contributed by atoms with Crippen LogP contribution >= 0.6 is 0 Å². The van der Waals surface area contributed by atoms with E-state index in [1.54, 1.807) is 12.1 Å². The summed E-state index contributed by atoms with van der Waals surface area (Å²) in [5, 5.41) is 10.1. The van der Waals surface area contributed by atoms with E-state index in [0.29, 0.717) is 12.3 Å². The number of ether oxygens (including phenoxy) is 1. The summed E-state index contributed by atoms with van der Waals surface area (Å²) >= 11 is 0. The van der Waals surface area contributed by atoms with Crippen molar-refractivity contribution in [2.45, 2.75) is 13.0 Å². The second kappa shape index (κ2) is 7.75. The van der Waals surface area contributed by atoms with E-state index in [0.717, 1.165) is 34.2 Å². The molecule has 3 aromatic carbocycles. The Kier molecular flexibility index (Phi) is 4.99. The van der Waals surface area contributed by atoms with Crippen LogP contribution in [0.1, 0.15) is 11.1 Å². The summed E-state index contributed by atoms with van der Waals surface area (Å²) < 4.78 is 34.2. The van der Waals surface area contributed by atoms with Crippen LogP contribution in [-0.4, -0.2) is 15.6 Å². The Bertz CT molecular complexity index is 1180. The third-order valence-electron chi connectivity index (χ3n) is 4.61. The first-order valence-corrected chi connectivity index (χ1v) is 9.00. The largest absolute Gasteiger partial charge is 0.481 e. The number of rotatable bonds is 6. The van der Waals surface area contributed by atoms with Crippen molar-refractivity contribution in [2.24, 2.45) is 0 Å². The summed E-state index contributed by atoms with van der Waals surface area (Å²) in [7, 11) is 0. The molecule has 0 aliphatic carbocycles. The molecular weight excluding hydrogens is 376 g/mol. The number of benzene rings is 3. The molecule has 0 unspecified atom stereocenters. The van der Waals surface area contributed by atoms with Crippen LogP contribution in [-0.2, 0) is 17.8 Å². The molecule has 0 aliphatic rings. The van der Waals surface area contributed by atoms with Crippen molar-refractivity contribution in [3.05, 3.63) is 95.7 Å². The Hall–Kier alpha value is -3.67. The Morgan fingerprint density at radius 2 is 1.76 bits per heavy atom. The number of para-hydroxylation sites is 1. The number of carboxylic acids is 1. The molecule has 0 saturated carbocycles. The van der Waals surface area contributed by atoms with Crippen LogP contribution < -0.4 is 4.74 Å². The smallest absolute Gasteiger partial charge is 0.307 e. The van der Waals surface area contributed by atoms with Crippen molar-refractivity contribution in [1.82, 2.24) is 4.57 Å². The quantitative estimate of drug-likeness (QED) is 0.478. The zero-order valence-electron chi connectivity index (χ0n) is 15.3. The van der Waals surface area contributed by atoms with E-state index in [-0.39, 0.29) is 12.2 Å². The highest BCUT2D eigenvalue weighted by Crippen LogP contribution is 2.26. The lowest BCUT2D eigenvalue weighted by atomic mass is 10.1. The monoisotopic (exact) mass is 393 g/mol. The maximum absolute atomic E-state index is 13.7. The topological polar surface area (TPSA) is 51.5 Å². The molecule has 1 heterocycles. The molecule has 6 heteroatoms. The summed E-state index contributed by atoms with van der Waals surface area (Å²) in [6.45, 7) is 0.547. The minimum absolute atomic E-state index is 0.0382. The average molecular weight is 393 g/mol. The highest BCUT2D eigenvalue weighted by atomic mass is 19.1. The molecule has 4 aromatic rings. The first-order valence-electron chi connectivity index (χ1n) is 9.00. The minimum atomic E-state index is -0.873. The zero-order chi connectivity index (χ0) is 20.4. The van der Waals surface area contributed by atoms with E-state index in [1.807, 2.05) is 47.2 Å². The number of fused-ring (bicyclic) bond motifs is 1. The van der Waals surface area contributed by atoms with Crippen molar-refractivity contribution in [1.29, 1.82) is 0 Å². The standard InChI is InChI=1S/C23H17F2NO3/c24-17-7-10-22(20(25)12-17)29-18-8-5-15(6-9-18)13-26-14-16(11-23(27)28)19-3-1-2-4-21(19)26/h1-10,12,14H,11,13H2,(H,27,28). The van der Waals surface area contributed by atoms with Crippen LogP contribution in [0.5, 0.6) is 11.5 Å². The summed E-state index contributed by atoms with van der Waals surface area (Å²) in [6, 6.07) is 17.9. The Morgan fingerprint density at radius 1 is 1.00 bits per heavy atom. The average Bonchev–Trinajstić information content (AvgIpc) is 3.02. The van der Waals surface area contributed by atoms with Gasteiger partial charge in [0.15, 0.2) is 11.6 Å². The Labute approximate surface area is 165 Å². The van der Waals surface area contributed by atoms with Crippen LogP contribution in [0.2, 0.25) is 0 Å². The van der Waals surface area contributed by atoms with Gasteiger partial charge in [-0.05, 0) is 41.5 Å². The van der Waals surface area contributed by atoms with Gasteiger partial charge in [-0.1, -0.05) is 30.3 Å². The van der Waals surface area contributed by atoms with Crippen LogP contribution in [0.15, 0.2) is 72.9 Å². The van der Waals surface area contributed by atoms with Gasteiger partial charge in [-0.25, -0.2) is 8.78 Å². The second-order valence-electron chi connectivity index (χ2n) is 6.69. The molecule has 0 bridgehead atoms. The predicted molar refractivity (Wildman–Crippen MR) is 105 cm³/mol. The number of hydrogen-bond acceptors (Lipinski definition) is 2. The summed E-state index contributed by atoms with van der Waals surface area (Å²) in [5.74, 6) is -1.91. The van der Waals surface area contributed by atoms with Gasteiger partial charge in [0.2, 0.25) is 0 Å². The van der Waals surface area contributed by atoms with E-state index < -0.39 is 17.6 Å². The molecule has 0 fully saturated rings. The maximum atomic E-state index is 13.7. The normalized spacial score (nSPS) is 11.0. The maximum Gasteiger partial charge on any atom is 0.307 e. The molecule has 4 rings (SSSR count). The molecule has 0 saturated heterocycles. The number of aliphatic carboxylic acids is 1. The molecule has 4 nitrogen and oxygen atoms in total. The van der Waals surface area contributed by atoms with Crippen molar-refractivity contribution >= 4 is 16.9 Å². The number of hydrogen-bond donors (Lipinski definition) is 1. The molecule has 0 aliphatic heterocycles. The molecule has 1 aromatic heterocycles. The van der Waals surface area contributed by atoms with Crippen molar-refractivity contribution < 1.29 is 23.4 Å². The number of carboxylic acid groups (broad SMARTS) is 1. The molecule has 0 atom stereocenters. The molecule has 29 heavy (non-hydrogen) atoms. The number of halogens is 2. The molecular formula is C23H17F2NO3. The van der Waals surface area contributed by atoms with Crippen LogP contribution in [0.4, 0.5) is 8.78 Å². The van der Waals surface area contributed by atoms with Crippen LogP contribution in [0.3, 0.4) is 0 Å². The van der Waals surface area contributed by atoms with Crippen molar-refractivity contribution in [2.75, 3.05) is 0 Å². The van der Waals surface area contributed by atoms with E-state index in [2.05, 4.69) is 0 Å². The zero-order valence-corrected chi connectivity index (χ0v) is 15.3. The lowest BCUT2D eigenvalue weighted by molar-refractivity contribution is -0.136. The predicted octanol–water partition coefficient (Wildman–Crippen LogP) is 5.39. The third kappa shape index (κ3) is 4.11. The lowest BCUT2D eigenvalue weighted by Gasteiger charge is -2.09. The highest BCUT2D eigenvalue weighted by molar-refractivity contribution is 5.87. The van der Waals surface area contributed by atoms with E-state index in [9.17, 15) is 13.6 Å². The van der Waals surface area contributed by atoms with E-state index >= 15 is 0 Å². The SMILES string of the molecule is O=C(O)Cc1cn(Cc2ccc(Oc3ccc(F)cc3F)cc2)c2ccccc12. The fourth-order valence-electron chi connectivity index (χ4n) is 3.30. The Morgan fingerprint density at radius 3 is 2.48 bits per heavy atom. The molecule has 0 radical (unpaired) electrons. The first kappa shape index (κ1) is 18.7. The summed E-state index contributed by atoms with van der Waals surface area (Å²) in [5.41, 5.74) is 2.69. The van der Waals surface area contributed by atoms with Gasteiger partial charge in [-0.3, -0.25) is 4.79 Å². The lowest BCUT2D eigenvalue weighted by Crippen LogP contribution is -2.00. The molecule has 1 N–H and O–H groups in total.